The van der Waals surface area contributed by atoms with Crippen LogP contribution in [-0.2, 0) is 6.42 Å². The molecule has 16 heavy (non-hydrogen) atoms. The Kier molecular flexibility index (Phi) is 3.80. The second-order valence-electron chi connectivity index (χ2n) is 3.58. The number of hydrogen-bond acceptors (Lipinski definition) is 1. The van der Waals surface area contributed by atoms with Crippen molar-refractivity contribution >= 4 is 35.8 Å². The Morgan fingerprint density at radius 1 is 0.938 bits per heavy atom. The summed E-state index contributed by atoms with van der Waals surface area (Å²) in [7, 11) is 0. The van der Waals surface area contributed by atoms with Crippen LogP contribution in [0, 0.1) is 0 Å². The molecule has 0 saturated carbocycles. The lowest BCUT2D eigenvalue weighted by molar-refractivity contribution is 1.13. The summed E-state index contributed by atoms with van der Waals surface area (Å²) in [6.45, 7) is 0. The highest BCUT2D eigenvalue weighted by atomic mass is 35.5. The van der Waals surface area contributed by atoms with Gasteiger partial charge in [0.25, 0.3) is 0 Å². The molecule has 0 amide bonds. The standard InChI is InChI=1S/C13H10Cl2S/c14-11-6-9(7-12(15)8-11)5-10-3-1-2-4-13(10)16/h1-4,6-8,16H,5H2. The minimum Gasteiger partial charge on any atom is -0.143 e. The lowest BCUT2D eigenvalue weighted by Crippen LogP contribution is -1.89. The largest absolute Gasteiger partial charge is 0.143 e. The molecule has 0 nitrogen and oxygen atoms in total. The van der Waals surface area contributed by atoms with E-state index in [2.05, 4.69) is 18.7 Å². The first-order valence-corrected chi connectivity index (χ1v) is 6.07. The predicted molar refractivity (Wildman–Crippen MR) is 73.0 cm³/mol. The molecule has 0 bridgehead atoms. The minimum atomic E-state index is 0.666. The highest BCUT2D eigenvalue weighted by Gasteiger charge is 2.02. The van der Waals surface area contributed by atoms with Crippen molar-refractivity contribution < 1.29 is 0 Å². The van der Waals surface area contributed by atoms with E-state index in [1.54, 1.807) is 6.07 Å². The van der Waals surface area contributed by atoms with Gasteiger partial charge in [0.05, 0.1) is 0 Å². The zero-order valence-electron chi connectivity index (χ0n) is 8.45. The van der Waals surface area contributed by atoms with Crippen molar-refractivity contribution in [1.82, 2.24) is 0 Å². The normalized spacial score (nSPS) is 10.4. The molecule has 0 heterocycles. The van der Waals surface area contributed by atoms with Crippen LogP contribution < -0.4 is 0 Å². The first-order valence-electron chi connectivity index (χ1n) is 4.87. The van der Waals surface area contributed by atoms with Crippen molar-refractivity contribution in [3.63, 3.8) is 0 Å². The van der Waals surface area contributed by atoms with Crippen LogP contribution in [0.1, 0.15) is 11.1 Å². The van der Waals surface area contributed by atoms with E-state index in [4.69, 9.17) is 23.2 Å². The van der Waals surface area contributed by atoms with Crippen LogP contribution in [0.4, 0.5) is 0 Å². The van der Waals surface area contributed by atoms with Gasteiger partial charge in [-0.3, -0.25) is 0 Å². The van der Waals surface area contributed by atoms with Gasteiger partial charge in [0.2, 0.25) is 0 Å². The second kappa shape index (κ2) is 5.13. The van der Waals surface area contributed by atoms with Crippen molar-refractivity contribution in [2.45, 2.75) is 11.3 Å². The third-order valence-electron chi connectivity index (χ3n) is 2.31. The summed E-state index contributed by atoms with van der Waals surface area (Å²) in [4.78, 5) is 0.985. The Labute approximate surface area is 111 Å². The topological polar surface area (TPSA) is 0 Å². The SMILES string of the molecule is Sc1ccccc1Cc1cc(Cl)cc(Cl)c1. The zero-order chi connectivity index (χ0) is 11.5. The molecule has 0 spiro atoms. The van der Waals surface area contributed by atoms with Gasteiger partial charge < -0.3 is 0 Å². The molecule has 2 aromatic rings. The molecule has 0 aromatic heterocycles. The Balaban J connectivity index is 2.30. The van der Waals surface area contributed by atoms with E-state index in [0.29, 0.717) is 10.0 Å². The van der Waals surface area contributed by atoms with Gasteiger partial charge in [-0.2, -0.15) is 0 Å². The molecule has 0 aliphatic rings. The van der Waals surface area contributed by atoms with Crippen molar-refractivity contribution in [3.05, 3.63) is 63.6 Å². The number of thiol groups is 1. The van der Waals surface area contributed by atoms with Gasteiger partial charge in [0.15, 0.2) is 0 Å². The minimum absolute atomic E-state index is 0.666. The molecular formula is C13H10Cl2S. The fourth-order valence-corrected chi connectivity index (χ4v) is 2.40. The quantitative estimate of drug-likeness (QED) is 0.738. The van der Waals surface area contributed by atoms with E-state index in [0.717, 1.165) is 16.9 Å². The van der Waals surface area contributed by atoms with E-state index in [9.17, 15) is 0 Å². The molecule has 0 atom stereocenters. The number of hydrogen-bond donors (Lipinski definition) is 1. The third-order valence-corrected chi connectivity index (χ3v) is 3.18. The van der Waals surface area contributed by atoms with Crippen LogP contribution in [0.2, 0.25) is 10.0 Å². The van der Waals surface area contributed by atoms with Crippen molar-refractivity contribution in [3.8, 4) is 0 Å². The summed E-state index contributed by atoms with van der Waals surface area (Å²) < 4.78 is 0. The van der Waals surface area contributed by atoms with Gasteiger partial charge in [-0.05, 0) is 41.8 Å². The van der Waals surface area contributed by atoms with Crippen LogP contribution >= 0.6 is 35.8 Å². The molecule has 0 radical (unpaired) electrons. The maximum absolute atomic E-state index is 5.95. The van der Waals surface area contributed by atoms with Gasteiger partial charge in [0, 0.05) is 14.9 Å². The second-order valence-corrected chi connectivity index (χ2v) is 4.94. The Morgan fingerprint density at radius 3 is 2.19 bits per heavy atom. The van der Waals surface area contributed by atoms with Crippen molar-refractivity contribution in [2.75, 3.05) is 0 Å². The van der Waals surface area contributed by atoms with Gasteiger partial charge in [-0.15, -0.1) is 12.6 Å². The van der Waals surface area contributed by atoms with Crippen LogP contribution in [0.5, 0.6) is 0 Å². The van der Waals surface area contributed by atoms with E-state index in [1.165, 1.54) is 5.56 Å². The molecule has 2 rings (SSSR count). The third kappa shape index (κ3) is 2.94. The monoisotopic (exact) mass is 268 g/mol. The van der Waals surface area contributed by atoms with Crippen LogP contribution in [0.3, 0.4) is 0 Å². The molecule has 3 heteroatoms. The molecule has 0 saturated heterocycles. The Morgan fingerprint density at radius 2 is 1.56 bits per heavy atom. The van der Waals surface area contributed by atoms with Gasteiger partial charge in [-0.25, -0.2) is 0 Å². The number of benzene rings is 2. The summed E-state index contributed by atoms with van der Waals surface area (Å²) >= 11 is 16.3. The molecule has 0 N–H and O–H groups in total. The molecule has 0 unspecified atom stereocenters. The molecule has 82 valence electrons. The first-order chi connectivity index (χ1) is 7.65. The summed E-state index contributed by atoms with van der Waals surface area (Å²) in [6, 6.07) is 13.6. The van der Waals surface area contributed by atoms with E-state index in [-0.39, 0.29) is 0 Å². The highest BCUT2D eigenvalue weighted by Crippen LogP contribution is 2.23. The van der Waals surface area contributed by atoms with E-state index in [1.807, 2.05) is 30.3 Å². The smallest absolute Gasteiger partial charge is 0.0423 e. The molecule has 0 aliphatic heterocycles. The maximum atomic E-state index is 5.95. The Bertz CT molecular complexity index is 489. The Hall–Kier alpha value is -0.630. The lowest BCUT2D eigenvalue weighted by Gasteiger charge is -2.06. The van der Waals surface area contributed by atoms with E-state index < -0.39 is 0 Å². The van der Waals surface area contributed by atoms with Gasteiger partial charge in [0.1, 0.15) is 0 Å². The van der Waals surface area contributed by atoms with Gasteiger partial charge >= 0.3 is 0 Å². The van der Waals surface area contributed by atoms with E-state index >= 15 is 0 Å². The lowest BCUT2D eigenvalue weighted by atomic mass is 10.1. The molecular weight excluding hydrogens is 259 g/mol. The summed E-state index contributed by atoms with van der Waals surface area (Å²) in [5, 5.41) is 1.33. The molecule has 0 aliphatic carbocycles. The molecule has 2 aromatic carbocycles. The average Bonchev–Trinajstić information content (AvgIpc) is 2.20. The fraction of sp³-hybridized carbons (Fsp3) is 0.0769. The predicted octanol–water partition coefficient (Wildman–Crippen LogP) is 4.87. The maximum Gasteiger partial charge on any atom is 0.0423 e. The number of rotatable bonds is 2. The fourth-order valence-electron chi connectivity index (χ4n) is 1.59. The van der Waals surface area contributed by atoms with Crippen LogP contribution in [-0.4, -0.2) is 0 Å². The van der Waals surface area contributed by atoms with Crippen LogP contribution in [0.15, 0.2) is 47.4 Å². The first kappa shape index (κ1) is 11.8. The summed E-state index contributed by atoms with van der Waals surface area (Å²) in [5.41, 5.74) is 2.27. The zero-order valence-corrected chi connectivity index (χ0v) is 10.9. The average molecular weight is 269 g/mol. The summed E-state index contributed by atoms with van der Waals surface area (Å²) in [6.07, 6.45) is 0.792. The highest BCUT2D eigenvalue weighted by molar-refractivity contribution is 7.80. The van der Waals surface area contributed by atoms with Gasteiger partial charge in [-0.1, -0.05) is 41.4 Å². The summed E-state index contributed by atoms with van der Waals surface area (Å²) in [5.74, 6) is 0. The number of halogens is 2. The van der Waals surface area contributed by atoms with Crippen molar-refractivity contribution in [2.24, 2.45) is 0 Å². The van der Waals surface area contributed by atoms with Crippen molar-refractivity contribution in [1.29, 1.82) is 0 Å². The van der Waals surface area contributed by atoms with Crippen LogP contribution in [0.25, 0.3) is 0 Å². The molecule has 0 fully saturated rings.